The highest BCUT2D eigenvalue weighted by atomic mass is 16.5. The molecule has 1 N–H and O–H groups in total. The van der Waals surface area contributed by atoms with Crippen LogP contribution >= 0.6 is 0 Å². The number of rotatable bonds is 6. The lowest BCUT2D eigenvalue weighted by Gasteiger charge is -2.39. The van der Waals surface area contributed by atoms with Gasteiger partial charge < -0.3 is 15.0 Å². The summed E-state index contributed by atoms with van der Waals surface area (Å²) < 4.78 is 5.12. The summed E-state index contributed by atoms with van der Waals surface area (Å²) in [6, 6.07) is 22.9. The normalized spacial score (nSPS) is 17.4. The number of Topliss-reactive ketones (excluding diaryl/α,β-unsaturated/α-hetero) is 1. The van der Waals surface area contributed by atoms with Gasteiger partial charge in [-0.15, -0.1) is 0 Å². The molecule has 0 aliphatic carbocycles. The number of fused-ring (bicyclic) bond motifs is 1. The van der Waals surface area contributed by atoms with Crippen molar-refractivity contribution in [2.24, 2.45) is 0 Å². The van der Waals surface area contributed by atoms with E-state index in [-0.39, 0.29) is 24.1 Å². The Morgan fingerprint density at radius 1 is 0.938 bits per heavy atom. The molecule has 6 heteroatoms. The fourth-order valence-corrected chi connectivity index (χ4v) is 4.18. The topological polar surface area (TPSA) is 75.7 Å². The van der Waals surface area contributed by atoms with Gasteiger partial charge in [0.05, 0.1) is 25.6 Å². The molecular weight excluding hydrogens is 404 g/mol. The molecule has 0 bridgehead atoms. The highest BCUT2D eigenvalue weighted by Crippen LogP contribution is 2.41. The van der Waals surface area contributed by atoms with Crippen molar-refractivity contribution in [3.05, 3.63) is 101 Å². The summed E-state index contributed by atoms with van der Waals surface area (Å²) in [5.41, 5.74) is 2.52. The van der Waals surface area contributed by atoms with E-state index in [9.17, 15) is 14.4 Å². The number of carbonyl (C=O) groups is 3. The van der Waals surface area contributed by atoms with Gasteiger partial charge in [-0.1, -0.05) is 48.5 Å². The molecule has 32 heavy (non-hydrogen) atoms. The van der Waals surface area contributed by atoms with Gasteiger partial charge in [-0.3, -0.25) is 14.4 Å². The number of likely N-dealkylation sites (N-methyl/N-ethyl adjacent to an activating group) is 1. The molecule has 1 aliphatic rings. The second-order valence-corrected chi connectivity index (χ2v) is 7.71. The van der Waals surface area contributed by atoms with Crippen molar-refractivity contribution in [1.82, 2.24) is 10.2 Å². The Labute approximate surface area is 186 Å². The first-order chi connectivity index (χ1) is 15.5. The molecule has 162 valence electrons. The van der Waals surface area contributed by atoms with E-state index in [1.165, 1.54) is 0 Å². The van der Waals surface area contributed by atoms with E-state index >= 15 is 0 Å². The molecule has 0 unspecified atom stereocenters. The lowest BCUT2D eigenvalue weighted by atomic mass is 9.79. The monoisotopic (exact) mass is 428 g/mol. The predicted molar refractivity (Wildman–Crippen MR) is 121 cm³/mol. The molecule has 4 rings (SSSR count). The minimum Gasteiger partial charge on any atom is -0.497 e. The van der Waals surface area contributed by atoms with Crippen LogP contribution in [-0.2, 0) is 4.79 Å². The van der Waals surface area contributed by atoms with Crippen LogP contribution in [0.2, 0.25) is 0 Å². The fraction of sp³-hybridized carbons (Fsp3) is 0.192. The van der Waals surface area contributed by atoms with E-state index in [0.717, 1.165) is 5.56 Å². The molecule has 6 nitrogen and oxygen atoms in total. The second kappa shape index (κ2) is 9.06. The summed E-state index contributed by atoms with van der Waals surface area (Å²) in [5, 5.41) is 2.80. The van der Waals surface area contributed by atoms with E-state index in [1.54, 1.807) is 55.5 Å². The largest absolute Gasteiger partial charge is 0.497 e. The maximum absolute atomic E-state index is 13.4. The Morgan fingerprint density at radius 3 is 2.28 bits per heavy atom. The molecule has 3 aromatic carbocycles. The number of amides is 2. The van der Waals surface area contributed by atoms with Gasteiger partial charge >= 0.3 is 0 Å². The minimum atomic E-state index is -0.639. The van der Waals surface area contributed by atoms with Gasteiger partial charge in [0.1, 0.15) is 5.75 Å². The zero-order chi connectivity index (χ0) is 22.7. The Morgan fingerprint density at radius 2 is 1.59 bits per heavy atom. The van der Waals surface area contributed by atoms with Crippen molar-refractivity contribution in [2.45, 2.75) is 12.0 Å². The number of ketones is 1. The zero-order valence-electron chi connectivity index (χ0n) is 17.9. The Kier molecular flexibility index (Phi) is 6.03. The van der Waals surface area contributed by atoms with Gasteiger partial charge in [-0.25, -0.2) is 0 Å². The molecule has 0 fully saturated rings. The molecule has 3 aromatic rings. The minimum absolute atomic E-state index is 0.132. The van der Waals surface area contributed by atoms with Crippen LogP contribution in [0.4, 0.5) is 0 Å². The van der Waals surface area contributed by atoms with Crippen molar-refractivity contribution in [2.75, 3.05) is 20.7 Å². The molecule has 0 spiro atoms. The third kappa shape index (κ3) is 3.99. The fourth-order valence-electron chi connectivity index (χ4n) is 4.18. The van der Waals surface area contributed by atoms with Crippen LogP contribution in [0.1, 0.15) is 43.8 Å². The molecule has 0 aromatic heterocycles. The van der Waals surface area contributed by atoms with Crippen LogP contribution in [0, 0.1) is 0 Å². The maximum atomic E-state index is 13.4. The highest BCUT2D eigenvalue weighted by molar-refractivity contribution is 6.03. The summed E-state index contributed by atoms with van der Waals surface area (Å²) in [6.45, 7) is -0.136. The Hall–Kier alpha value is -3.93. The quantitative estimate of drug-likeness (QED) is 0.609. The van der Waals surface area contributed by atoms with Crippen molar-refractivity contribution >= 4 is 17.6 Å². The van der Waals surface area contributed by atoms with E-state index in [1.807, 2.05) is 42.5 Å². The lowest BCUT2D eigenvalue weighted by Crippen LogP contribution is -2.46. The molecule has 2 amide bonds. The summed E-state index contributed by atoms with van der Waals surface area (Å²) in [7, 11) is 3.27. The van der Waals surface area contributed by atoms with E-state index < -0.39 is 12.0 Å². The van der Waals surface area contributed by atoms with Crippen molar-refractivity contribution in [3.63, 3.8) is 0 Å². The number of benzene rings is 3. The van der Waals surface area contributed by atoms with Crippen LogP contribution in [0.5, 0.6) is 5.75 Å². The standard InChI is InChI=1S/C26H24N2O4/c1-28-24(18-8-4-3-5-9-18)23(20-10-6-7-11-21(20)26(28)31)25(30)27-16-22(29)17-12-14-19(32-2)15-13-17/h3-15,23-24H,16H2,1-2H3,(H,27,30)/t23-,24+/m0/s1. The molecular formula is C26H24N2O4. The maximum Gasteiger partial charge on any atom is 0.254 e. The summed E-state index contributed by atoms with van der Waals surface area (Å²) >= 11 is 0. The number of ether oxygens (including phenoxy) is 1. The van der Waals surface area contributed by atoms with Crippen LogP contribution in [0.15, 0.2) is 78.9 Å². The number of nitrogens with one attached hydrogen (secondary N) is 1. The Balaban J connectivity index is 1.62. The molecule has 0 saturated heterocycles. The van der Waals surface area contributed by atoms with Crippen LogP contribution in [0.3, 0.4) is 0 Å². The molecule has 2 atom stereocenters. The van der Waals surface area contributed by atoms with Gasteiger partial charge in [0.15, 0.2) is 5.78 Å². The second-order valence-electron chi connectivity index (χ2n) is 7.71. The first-order valence-electron chi connectivity index (χ1n) is 10.4. The van der Waals surface area contributed by atoms with Gasteiger partial charge in [-0.2, -0.15) is 0 Å². The third-order valence-corrected chi connectivity index (χ3v) is 5.84. The molecule has 1 heterocycles. The van der Waals surface area contributed by atoms with Gasteiger partial charge in [0.25, 0.3) is 5.91 Å². The number of hydrogen-bond acceptors (Lipinski definition) is 4. The highest BCUT2D eigenvalue weighted by Gasteiger charge is 2.42. The smallest absolute Gasteiger partial charge is 0.254 e. The predicted octanol–water partition coefficient (Wildman–Crippen LogP) is 3.60. The number of nitrogens with zero attached hydrogens (tertiary/aromatic N) is 1. The van der Waals surface area contributed by atoms with E-state index in [4.69, 9.17) is 4.74 Å². The van der Waals surface area contributed by atoms with Crippen molar-refractivity contribution in [3.8, 4) is 5.75 Å². The van der Waals surface area contributed by atoms with Gasteiger partial charge in [0, 0.05) is 18.2 Å². The molecule has 1 aliphatic heterocycles. The first-order valence-corrected chi connectivity index (χ1v) is 10.4. The van der Waals surface area contributed by atoms with Crippen LogP contribution < -0.4 is 10.1 Å². The summed E-state index contributed by atoms with van der Waals surface area (Å²) in [4.78, 5) is 40.6. The van der Waals surface area contributed by atoms with E-state index in [2.05, 4.69) is 5.32 Å². The average molecular weight is 428 g/mol. The van der Waals surface area contributed by atoms with Gasteiger partial charge in [0.2, 0.25) is 5.91 Å². The van der Waals surface area contributed by atoms with Gasteiger partial charge in [-0.05, 0) is 41.5 Å². The number of hydrogen-bond donors (Lipinski definition) is 1. The first kappa shape index (κ1) is 21.3. The Bertz CT molecular complexity index is 1140. The molecule has 0 saturated carbocycles. The van der Waals surface area contributed by atoms with Crippen LogP contribution in [-0.4, -0.2) is 43.2 Å². The lowest BCUT2D eigenvalue weighted by molar-refractivity contribution is -0.123. The number of methoxy groups -OCH3 is 1. The molecule has 0 radical (unpaired) electrons. The average Bonchev–Trinajstić information content (AvgIpc) is 2.85. The summed E-state index contributed by atoms with van der Waals surface area (Å²) in [6.07, 6.45) is 0. The third-order valence-electron chi connectivity index (χ3n) is 5.84. The van der Waals surface area contributed by atoms with Crippen molar-refractivity contribution in [1.29, 1.82) is 0 Å². The van der Waals surface area contributed by atoms with Crippen LogP contribution in [0.25, 0.3) is 0 Å². The van der Waals surface area contributed by atoms with E-state index in [0.29, 0.717) is 22.4 Å². The SMILES string of the molecule is COc1ccc(C(=O)CNC(=O)[C@H]2c3ccccc3C(=O)N(C)[C@@H]2c2ccccc2)cc1. The zero-order valence-corrected chi connectivity index (χ0v) is 17.9. The summed E-state index contributed by atoms with van der Waals surface area (Å²) in [5.74, 6) is -0.617. The van der Waals surface area contributed by atoms with Crippen molar-refractivity contribution < 1.29 is 19.1 Å². The number of carbonyl (C=O) groups excluding carboxylic acids is 3.